The number of rotatable bonds is 3. The van der Waals surface area contributed by atoms with Crippen molar-refractivity contribution in [3.63, 3.8) is 0 Å². The van der Waals surface area contributed by atoms with Gasteiger partial charge < -0.3 is 14.2 Å². The summed E-state index contributed by atoms with van der Waals surface area (Å²) in [6, 6.07) is 5.61. The van der Waals surface area contributed by atoms with Gasteiger partial charge in [0.05, 0.1) is 0 Å². The Balaban J connectivity index is 1.84. The van der Waals surface area contributed by atoms with Crippen molar-refractivity contribution in [1.29, 1.82) is 0 Å². The van der Waals surface area contributed by atoms with Gasteiger partial charge in [-0.05, 0) is 26.8 Å². The van der Waals surface area contributed by atoms with Crippen LogP contribution in [0, 0.1) is 0 Å². The number of amides is 1. The fourth-order valence-corrected chi connectivity index (χ4v) is 1.65. The van der Waals surface area contributed by atoms with Crippen LogP contribution in [0.25, 0.3) is 0 Å². The molecule has 1 heterocycles. The number of benzene rings is 1. The summed E-state index contributed by atoms with van der Waals surface area (Å²) in [6.07, 6.45) is -0.516. The first-order valence-corrected chi connectivity index (χ1v) is 6.05. The summed E-state index contributed by atoms with van der Waals surface area (Å²) in [5.41, 5.74) is 5.66. The van der Waals surface area contributed by atoms with Gasteiger partial charge >= 0.3 is 6.09 Å². The molecular weight excluding hydrogens is 248 g/mol. The third kappa shape index (κ3) is 3.75. The van der Waals surface area contributed by atoms with Crippen molar-refractivity contribution in [2.45, 2.75) is 32.9 Å². The van der Waals surface area contributed by atoms with Gasteiger partial charge in [0.1, 0.15) is 5.60 Å². The molecular formula is C13H18N2O4. The Kier molecular flexibility index (Phi) is 3.80. The van der Waals surface area contributed by atoms with E-state index in [2.05, 4.69) is 10.9 Å². The van der Waals surface area contributed by atoms with Crippen molar-refractivity contribution >= 4 is 6.09 Å². The van der Waals surface area contributed by atoms with Crippen molar-refractivity contribution in [1.82, 2.24) is 10.9 Å². The van der Waals surface area contributed by atoms with Gasteiger partial charge in [0, 0.05) is 12.1 Å². The molecule has 1 aromatic rings. The molecule has 0 saturated carbocycles. The second-order valence-electron chi connectivity index (χ2n) is 5.13. The molecule has 0 radical (unpaired) electrons. The lowest BCUT2D eigenvalue weighted by Gasteiger charge is -2.19. The predicted octanol–water partition coefficient (Wildman–Crippen LogP) is 1.94. The lowest BCUT2D eigenvalue weighted by molar-refractivity contribution is 0.0496. The highest BCUT2D eigenvalue weighted by Gasteiger charge is 2.18. The Morgan fingerprint density at radius 3 is 2.89 bits per heavy atom. The smallest absolute Gasteiger partial charge is 0.422 e. The Morgan fingerprint density at radius 1 is 1.37 bits per heavy atom. The molecule has 0 aliphatic carbocycles. The minimum atomic E-state index is -0.517. The summed E-state index contributed by atoms with van der Waals surface area (Å²) in [7, 11) is 0. The van der Waals surface area contributed by atoms with Crippen LogP contribution in [-0.4, -0.2) is 18.5 Å². The fourth-order valence-electron chi connectivity index (χ4n) is 1.65. The zero-order chi connectivity index (χ0) is 13.9. The van der Waals surface area contributed by atoms with E-state index in [4.69, 9.17) is 14.2 Å². The average molecular weight is 266 g/mol. The van der Waals surface area contributed by atoms with Crippen LogP contribution >= 0.6 is 0 Å². The number of fused-ring (bicyclic) bond motifs is 1. The maximum absolute atomic E-state index is 11.4. The molecule has 2 N–H and O–H groups in total. The van der Waals surface area contributed by atoms with Crippen molar-refractivity contribution < 1.29 is 19.0 Å². The normalized spacial score (nSPS) is 13.2. The highest BCUT2D eigenvalue weighted by atomic mass is 16.7. The summed E-state index contributed by atoms with van der Waals surface area (Å²) in [5, 5.41) is 0. The monoisotopic (exact) mass is 266 g/mol. The van der Waals surface area contributed by atoms with Gasteiger partial charge in [-0.1, -0.05) is 12.1 Å². The third-order valence-electron chi connectivity index (χ3n) is 2.35. The van der Waals surface area contributed by atoms with Crippen LogP contribution < -0.4 is 20.3 Å². The lowest BCUT2D eigenvalue weighted by atomic mass is 10.2. The highest BCUT2D eigenvalue weighted by molar-refractivity contribution is 5.67. The van der Waals surface area contributed by atoms with E-state index in [1.807, 2.05) is 39.0 Å². The van der Waals surface area contributed by atoms with Gasteiger partial charge in [0.2, 0.25) is 6.79 Å². The molecule has 0 aromatic heterocycles. The van der Waals surface area contributed by atoms with Crippen LogP contribution in [0.5, 0.6) is 11.5 Å². The number of nitrogens with one attached hydrogen (secondary N) is 2. The van der Waals surface area contributed by atoms with Gasteiger partial charge in [0.15, 0.2) is 11.5 Å². The van der Waals surface area contributed by atoms with Gasteiger partial charge in [-0.2, -0.15) is 0 Å². The molecule has 1 aromatic carbocycles. The first kappa shape index (κ1) is 13.5. The maximum Gasteiger partial charge on any atom is 0.422 e. The molecule has 104 valence electrons. The van der Waals surface area contributed by atoms with Crippen LogP contribution in [0.3, 0.4) is 0 Å². The van der Waals surface area contributed by atoms with Crippen LogP contribution in [0.15, 0.2) is 18.2 Å². The molecule has 0 atom stereocenters. The molecule has 0 bridgehead atoms. The zero-order valence-electron chi connectivity index (χ0n) is 11.3. The van der Waals surface area contributed by atoms with Crippen LogP contribution in [0.2, 0.25) is 0 Å². The second kappa shape index (κ2) is 5.36. The number of hydrogen-bond acceptors (Lipinski definition) is 5. The number of para-hydroxylation sites is 1. The summed E-state index contributed by atoms with van der Waals surface area (Å²) in [4.78, 5) is 11.4. The predicted molar refractivity (Wildman–Crippen MR) is 68.8 cm³/mol. The van der Waals surface area contributed by atoms with E-state index in [0.717, 1.165) is 11.3 Å². The molecule has 6 heteroatoms. The van der Waals surface area contributed by atoms with E-state index in [0.29, 0.717) is 12.3 Å². The van der Waals surface area contributed by atoms with E-state index in [1.54, 1.807) is 0 Å². The third-order valence-corrected chi connectivity index (χ3v) is 2.35. The molecule has 0 saturated heterocycles. The Bertz CT molecular complexity index is 468. The topological polar surface area (TPSA) is 68.8 Å². The summed E-state index contributed by atoms with van der Waals surface area (Å²) >= 11 is 0. The molecule has 1 aliphatic rings. The van der Waals surface area contributed by atoms with Crippen molar-refractivity contribution in [3.8, 4) is 11.5 Å². The fraction of sp³-hybridized carbons (Fsp3) is 0.462. The van der Waals surface area contributed by atoms with E-state index in [-0.39, 0.29) is 6.79 Å². The first-order valence-electron chi connectivity index (χ1n) is 6.05. The quantitative estimate of drug-likeness (QED) is 0.818. The van der Waals surface area contributed by atoms with E-state index in [9.17, 15) is 4.79 Å². The number of carbonyl (C=O) groups is 1. The molecule has 6 nitrogen and oxygen atoms in total. The molecule has 0 unspecified atom stereocenters. The number of hydrogen-bond donors (Lipinski definition) is 2. The summed E-state index contributed by atoms with van der Waals surface area (Å²) < 4.78 is 15.7. The summed E-state index contributed by atoms with van der Waals surface area (Å²) in [5.74, 6) is 1.43. The maximum atomic E-state index is 11.4. The Hall–Kier alpha value is -1.95. The van der Waals surface area contributed by atoms with Crippen LogP contribution in [0.4, 0.5) is 4.79 Å². The van der Waals surface area contributed by atoms with E-state index >= 15 is 0 Å². The number of ether oxygens (including phenoxy) is 3. The van der Waals surface area contributed by atoms with E-state index in [1.165, 1.54) is 0 Å². The number of hydrazine groups is 1. The minimum Gasteiger partial charge on any atom is -0.454 e. The number of carbonyl (C=O) groups excluding carboxylic acids is 1. The lowest BCUT2D eigenvalue weighted by Crippen LogP contribution is -2.40. The van der Waals surface area contributed by atoms with Crippen molar-refractivity contribution in [3.05, 3.63) is 23.8 Å². The van der Waals surface area contributed by atoms with Crippen molar-refractivity contribution in [2.75, 3.05) is 6.79 Å². The largest absolute Gasteiger partial charge is 0.454 e. The highest BCUT2D eigenvalue weighted by Crippen LogP contribution is 2.34. The molecule has 0 spiro atoms. The average Bonchev–Trinajstić information content (AvgIpc) is 2.75. The molecule has 1 amide bonds. The molecule has 1 aliphatic heterocycles. The Labute approximate surface area is 112 Å². The standard InChI is InChI=1S/C13H18N2O4/c1-13(2,3)19-12(16)15-14-7-9-5-4-6-10-11(9)18-8-17-10/h4-6,14H,7-8H2,1-3H3,(H,15,16). The summed E-state index contributed by atoms with van der Waals surface area (Å²) in [6.45, 7) is 6.07. The molecule has 0 fully saturated rings. The SMILES string of the molecule is CC(C)(C)OC(=O)NNCc1cccc2c1OCO2. The minimum absolute atomic E-state index is 0.228. The van der Waals surface area contributed by atoms with Crippen LogP contribution in [0.1, 0.15) is 26.3 Å². The molecule has 19 heavy (non-hydrogen) atoms. The van der Waals surface area contributed by atoms with Gasteiger partial charge in [-0.25, -0.2) is 10.2 Å². The van der Waals surface area contributed by atoms with Gasteiger partial charge in [0.25, 0.3) is 0 Å². The zero-order valence-corrected chi connectivity index (χ0v) is 11.3. The van der Waals surface area contributed by atoms with Gasteiger partial charge in [-0.15, -0.1) is 0 Å². The second-order valence-corrected chi connectivity index (χ2v) is 5.13. The van der Waals surface area contributed by atoms with E-state index < -0.39 is 11.7 Å². The first-order chi connectivity index (χ1) is 8.96. The molecule has 2 rings (SSSR count). The van der Waals surface area contributed by atoms with Gasteiger partial charge in [-0.3, -0.25) is 5.43 Å². The van der Waals surface area contributed by atoms with Crippen LogP contribution in [-0.2, 0) is 11.3 Å². The Morgan fingerprint density at radius 2 is 2.16 bits per heavy atom. The van der Waals surface area contributed by atoms with Crippen molar-refractivity contribution in [2.24, 2.45) is 0 Å².